The zero-order valence-corrected chi connectivity index (χ0v) is 40.9. The van der Waals surface area contributed by atoms with Crippen LogP contribution in [0.25, 0.3) is 43.6 Å². The number of anilines is 1. The molecule has 2 saturated heterocycles. The molecule has 7 heterocycles. The first kappa shape index (κ1) is 47.2. The van der Waals surface area contributed by atoms with Gasteiger partial charge in [0, 0.05) is 86.7 Å². The molecule has 17 heteroatoms. The second-order valence-electron chi connectivity index (χ2n) is 20.1. The summed E-state index contributed by atoms with van der Waals surface area (Å²) in [7, 11) is 3.61. The minimum atomic E-state index is -1.04. The zero-order valence-electron chi connectivity index (χ0n) is 40.9. The number of fused-ring (bicyclic) bond motifs is 14. The van der Waals surface area contributed by atoms with Crippen LogP contribution in [0.4, 0.5) is 5.69 Å². The van der Waals surface area contributed by atoms with Crippen LogP contribution in [0.2, 0.25) is 0 Å². The Hall–Kier alpha value is -7.11. The number of carbonyl (C=O) groups excluding carboxylic acids is 7. The van der Waals surface area contributed by atoms with E-state index < -0.39 is 47.7 Å². The summed E-state index contributed by atoms with van der Waals surface area (Å²) in [4.78, 5) is 93.9. The Balaban J connectivity index is 0.645. The van der Waals surface area contributed by atoms with Crippen molar-refractivity contribution in [3.63, 3.8) is 0 Å². The molecule has 7 amide bonds. The van der Waals surface area contributed by atoms with Gasteiger partial charge in [0.25, 0.3) is 17.7 Å². The number of nitrogens with one attached hydrogen (secondary N) is 4. The third-order valence-corrected chi connectivity index (χ3v) is 15.9. The molecule has 1 unspecified atom stereocenters. The van der Waals surface area contributed by atoms with Crippen molar-refractivity contribution < 1.29 is 43.0 Å². The first-order chi connectivity index (χ1) is 34.9. The Labute approximate surface area is 415 Å². The second kappa shape index (κ2) is 18.8. The minimum absolute atomic E-state index is 0.0475. The number of aromatic nitrogens is 2. The average Bonchev–Trinajstić information content (AvgIpc) is 4.09. The standard InChI is InChI=1S/C55H60N8O9/c1-55-50(71-3)39(29-43(72-55)61-36-21-14-12-17-31(36)46-47-34(30-58-52(47)68)44-32-18-13-15-22-37(32)63(55)49(44)48(46)61)60(2)42(66)24-11-9-7-5-4-6-8-10-23-40(64)57-28-27-56-35-20-16-19-33-45(35)54(70)62(53(33)69)38-25-26-41(65)59-51(38)67/h12-22,38-39,43,50,56H,4-11,23-30H2,1-3H3,(H,57,64)(H,58,68)(H,59,65,67)/t38?,39-,43-,50-,55+/m1/s1. The van der Waals surface area contributed by atoms with Crippen LogP contribution < -0.4 is 21.3 Å². The molecular weight excluding hydrogens is 917 g/mol. The number of nitrogens with zero attached hydrogens (tertiary/aromatic N) is 4. The summed E-state index contributed by atoms with van der Waals surface area (Å²) in [6, 6.07) is 20.1. The largest absolute Gasteiger partial charge is 0.383 e. The van der Waals surface area contributed by atoms with E-state index >= 15 is 0 Å². The number of piperidine rings is 1. The highest BCUT2D eigenvalue weighted by molar-refractivity contribution is 6.31. The van der Waals surface area contributed by atoms with E-state index in [-0.39, 0.29) is 47.7 Å². The Morgan fingerprint density at radius 1 is 0.806 bits per heavy atom. The highest BCUT2D eigenvalue weighted by atomic mass is 16.6. The van der Waals surface area contributed by atoms with Gasteiger partial charge in [0.15, 0.2) is 5.72 Å². The quantitative estimate of drug-likeness (QED) is 0.0507. The van der Waals surface area contributed by atoms with Gasteiger partial charge >= 0.3 is 0 Å². The topological polar surface area (TPSA) is 202 Å². The number of hydrogen-bond donors (Lipinski definition) is 4. The fraction of sp³-hybridized carbons (Fsp3) is 0.436. The predicted molar refractivity (Wildman–Crippen MR) is 270 cm³/mol. The minimum Gasteiger partial charge on any atom is -0.383 e. The van der Waals surface area contributed by atoms with Crippen molar-refractivity contribution in [2.45, 2.75) is 127 Å². The number of ether oxygens (including phenoxy) is 2. The molecule has 5 aliphatic rings. The van der Waals surface area contributed by atoms with Gasteiger partial charge in [0.1, 0.15) is 18.4 Å². The number of likely N-dealkylation sites (N-methyl/N-ethyl adjacent to an activating group) is 1. The van der Waals surface area contributed by atoms with Crippen molar-refractivity contribution in [2.75, 3.05) is 32.6 Å². The molecule has 17 nitrogen and oxygen atoms in total. The van der Waals surface area contributed by atoms with E-state index in [2.05, 4.69) is 61.6 Å². The summed E-state index contributed by atoms with van der Waals surface area (Å²) >= 11 is 0. The zero-order chi connectivity index (χ0) is 50.0. The maximum absolute atomic E-state index is 14.2. The van der Waals surface area contributed by atoms with Gasteiger partial charge in [-0.05, 0) is 56.0 Å². The van der Waals surface area contributed by atoms with E-state index in [1.807, 2.05) is 36.2 Å². The van der Waals surface area contributed by atoms with Crippen LogP contribution >= 0.6 is 0 Å². The molecule has 6 aromatic rings. The number of rotatable bonds is 18. The number of carbonyl (C=O) groups is 7. The van der Waals surface area contributed by atoms with Gasteiger partial charge in [-0.15, -0.1) is 0 Å². The van der Waals surface area contributed by atoms with Crippen molar-refractivity contribution in [2.24, 2.45) is 0 Å². The molecule has 0 radical (unpaired) electrons. The maximum atomic E-state index is 14.2. The van der Waals surface area contributed by atoms with E-state index in [1.165, 1.54) is 0 Å². The lowest BCUT2D eigenvalue weighted by Gasteiger charge is -2.50. The second-order valence-corrected chi connectivity index (χ2v) is 20.1. The summed E-state index contributed by atoms with van der Waals surface area (Å²) in [6.45, 7) is 3.19. The van der Waals surface area contributed by atoms with Crippen molar-refractivity contribution >= 4 is 90.6 Å². The van der Waals surface area contributed by atoms with Crippen LogP contribution in [0.15, 0.2) is 66.7 Å². The number of unbranched alkanes of at least 4 members (excludes halogenated alkanes) is 7. The maximum Gasteiger partial charge on any atom is 0.264 e. The van der Waals surface area contributed by atoms with Crippen molar-refractivity contribution in [3.05, 3.63) is 89.0 Å². The fourth-order valence-electron chi connectivity index (χ4n) is 12.5. The summed E-state index contributed by atoms with van der Waals surface area (Å²) in [5.41, 5.74) is 5.51. The average molecular weight is 977 g/mol. The Bertz CT molecular complexity index is 3270. The summed E-state index contributed by atoms with van der Waals surface area (Å²) in [6.07, 6.45) is 8.13. The number of methoxy groups -OCH3 is 1. The molecule has 2 fully saturated rings. The van der Waals surface area contributed by atoms with Crippen LogP contribution in [-0.4, -0.2) is 106 Å². The Kier molecular flexibility index (Phi) is 12.3. The molecule has 0 spiro atoms. The molecule has 72 heavy (non-hydrogen) atoms. The smallest absolute Gasteiger partial charge is 0.264 e. The van der Waals surface area contributed by atoms with Crippen LogP contribution in [0.5, 0.6) is 0 Å². The summed E-state index contributed by atoms with van der Waals surface area (Å²) in [5, 5.41) is 15.5. The van der Waals surface area contributed by atoms with Crippen molar-refractivity contribution in [3.8, 4) is 0 Å². The number of hydrogen-bond acceptors (Lipinski definition) is 10. The molecule has 4 N–H and O–H groups in total. The fourth-order valence-corrected chi connectivity index (χ4v) is 12.5. The lowest BCUT2D eigenvalue weighted by atomic mass is 9.91. The number of para-hydroxylation sites is 2. The van der Waals surface area contributed by atoms with Gasteiger partial charge < -0.3 is 39.5 Å². The van der Waals surface area contributed by atoms with E-state index in [1.54, 1.807) is 25.3 Å². The molecule has 2 bridgehead atoms. The number of benzene rings is 4. The van der Waals surface area contributed by atoms with Gasteiger partial charge in [-0.2, -0.15) is 0 Å². The first-order valence-corrected chi connectivity index (χ1v) is 25.5. The molecular formula is C55H60N8O9. The third-order valence-electron chi connectivity index (χ3n) is 15.9. The van der Waals surface area contributed by atoms with Gasteiger partial charge in [0.2, 0.25) is 23.6 Å². The van der Waals surface area contributed by atoms with E-state index in [9.17, 15) is 33.6 Å². The van der Waals surface area contributed by atoms with Crippen molar-refractivity contribution in [1.82, 2.24) is 34.9 Å². The molecule has 4 aromatic carbocycles. The highest BCUT2D eigenvalue weighted by Crippen LogP contribution is 2.54. The normalized spacial score (nSPS) is 22.2. The van der Waals surface area contributed by atoms with Crippen LogP contribution in [0, 0.1) is 0 Å². The molecule has 374 valence electrons. The lowest BCUT2D eigenvalue weighted by Crippen LogP contribution is -2.61. The molecule has 2 aromatic heterocycles. The molecule has 0 saturated carbocycles. The number of imide groups is 2. The van der Waals surface area contributed by atoms with E-state index in [0.717, 1.165) is 111 Å². The molecule has 11 rings (SSSR count). The van der Waals surface area contributed by atoms with Crippen LogP contribution in [0.1, 0.15) is 133 Å². The van der Waals surface area contributed by atoms with E-state index in [0.29, 0.717) is 44.6 Å². The number of amides is 7. The Morgan fingerprint density at radius 3 is 2.24 bits per heavy atom. The summed E-state index contributed by atoms with van der Waals surface area (Å²) < 4.78 is 18.3. The van der Waals surface area contributed by atoms with Crippen LogP contribution in [0.3, 0.4) is 0 Å². The van der Waals surface area contributed by atoms with Crippen molar-refractivity contribution in [1.29, 1.82) is 0 Å². The monoisotopic (exact) mass is 976 g/mol. The molecule has 5 aliphatic heterocycles. The SMILES string of the molecule is CO[C@@H]1[C@H](N(C)C(=O)CCCCCCCCCCC(=O)NCCNc2cccc3c2C(=O)N(C2CCC(=O)NC2=O)C3=O)C[C@H]2O[C@]1(C)n1c3ccccc3c3c4c(c5c6ccccc6n2c5c31)C(=O)NC4. The third kappa shape index (κ3) is 7.61. The van der Waals surface area contributed by atoms with Crippen LogP contribution in [-0.2, 0) is 40.9 Å². The highest BCUT2D eigenvalue weighted by Gasteiger charge is 2.55. The van der Waals surface area contributed by atoms with Gasteiger partial charge in [-0.25, -0.2) is 0 Å². The lowest BCUT2D eigenvalue weighted by molar-refractivity contribution is -0.266. The van der Waals surface area contributed by atoms with E-state index in [4.69, 9.17) is 9.47 Å². The summed E-state index contributed by atoms with van der Waals surface area (Å²) in [5.74, 6) is -2.28. The van der Waals surface area contributed by atoms with Gasteiger partial charge in [-0.1, -0.05) is 81.0 Å². The van der Waals surface area contributed by atoms with Gasteiger partial charge in [-0.3, -0.25) is 43.8 Å². The predicted octanol–water partition coefficient (Wildman–Crippen LogP) is 7.12. The Morgan fingerprint density at radius 2 is 1.50 bits per heavy atom. The van der Waals surface area contributed by atoms with Gasteiger partial charge in [0.05, 0.1) is 44.8 Å². The first-order valence-electron chi connectivity index (χ1n) is 25.5. The molecule has 5 atom stereocenters. The molecule has 0 aliphatic carbocycles.